The maximum atomic E-state index is 13.4. The van der Waals surface area contributed by atoms with Crippen LogP contribution in [0.15, 0.2) is 64.3 Å². The Morgan fingerprint density at radius 3 is 2.42 bits per heavy atom. The monoisotopic (exact) mass is 413 g/mol. The van der Waals surface area contributed by atoms with Crippen LogP contribution in [0, 0.1) is 20.8 Å². The molecule has 0 amide bonds. The Bertz CT molecular complexity index is 1580. The highest BCUT2D eigenvalue weighted by Gasteiger charge is 2.21. The second-order valence-electron chi connectivity index (χ2n) is 8.00. The Kier molecular flexibility index (Phi) is 4.22. The molecule has 7 heteroatoms. The normalized spacial score (nSPS) is 11.6. The molecule has 0 saturated carbocycles. The van der Waals surface area contributed by atoms with Crippen LogP contribution in [0.1, 0.15) is 22.4 Å². The van der Waals surface area contributed by atoms with Gasteiger partial charge in [0.1, 0.15) is 0 Å². The van der Waals surface area contributed by atoms with Gasteiger partial charge in [-0.3, -0.25) is 22.9 Å². The van der Waals surface area contributed by atoms with Gasteiger partial charge in [-0.15, -0.1) is 0 Å². The molecular weight excluding hydrogens is 390 g/mol. The van der Waals surface area contributed by atoms with E-state index >= 15 is 0 Å². The molecule has 0 radical (unpaired) electrons. The molecule has 0 fully saturated rings. The van der Waals surface area contributed by atoms with Crippen LogP contribution >= 0.6 is 0 Å². The van der Waals surface area contributed by atoms with E-state index in [-0.39, 0.29) is 17.8 Å². The molecule has 5 rings (SSSR count). The van der Waals surface area contributed by atoms with Crippen LogP contribution in [0.25, 0.3) is 22.6 Å². The van der Waals surface area contributed by atoms with Crippen LogP contribution in [-0.4, -0.2) is 23.1 Å². The second kappa shape index (κ2) is 6.84. The van der Waals surface area contributed by atoms with Crippen molar-refractivity contribution < 1.29 is 0 Å². The second-order valence-corrected chi connectivity index (χ2v) is 8.00. The highest BCUT2D eigenvalue weighted by Crippen LogP contribution is 2.24. The number of imidazole rings is 2. The lowest BCUT2D eigenvalue weighted by atomic mass is 10.1. The number of hydrogen-bond donors (Lipinski definition) is 0. The van der Waals surface area contributed by atoms with Crippen LogP contribution < -0.4 is 11.2 Å². The third kappa shape index (κ3) is 2.77. The third-order valence-corrected chi connectivity index (χ3v) is 6.03. The standard InChI is InChI=1S/C24H23N5O2/c1-15-9-8-12-19(17(15)3)29-16(2)13-27-20-21(25-23(27)29)26(4)24(31)28(22(20)30)14-18-10-6-5-7-11-18/h5-13H,14H2,1-4H3. The summed E-state index contributed by atoms with van der Waals surface area (Å²) in [7, 11) is 1.66. The van der Waals surface area contributed by atoms with Gasteiger partial charge < -0.3 is 0 Å². The molecule has 156 valence electrons. The number of hydrogen-bond acceptors (Lipinski definition) is 3. The fourth-order valence-corrected chi connectivity index (χ4v) is 4.19. The van der Waals surface area contributed by atoms with Crippen LogP contribution in [0.2, 0.25) is 0 Å². The number of aryl methyl sites for hydroxylation is 3. The Balaban J connectivity index is 1.83. The fraction of sp³-hybridized carbons (Fsp3) is 0.208. The van der Waals surface area contributed by atoms with Gasteiger partial charge in [-0.2, -0.15) is 4.98 Å². The highest BCUT2D eigenvalue weighted by atomic mass is 16.2. The van der Waals surface area contributed by atoms with Gasteiger partial charge in [0.15, 0.2) is 11.2 Å². The summed E-state index contributed by atoms with van der Waals surface area (Å²) < 4.78 is 6.56. The average molecular weight is 413 g/mol. The van der Waals surface area contributed by atoms with Gasteiger partial charge in [0.25, 0.3) is 5.56 Å². The third-order valence-electron chi connectivity index (χ3n) is 6.03. The summed E-state index contributed by atoms with van der Waals surface area (Å²) in [6.07, 6.45) is 1.91. The van der Waals surface area contributed by atoms with Crippen molar-refractivity contribution in [2.75, 3.05) is 0 Å². The van der Waals surface area contributed by atoms with E-state index in [4.69, 9.17) is 4.98 Å². The van der Waals surface area contributed by atoms with Crippen molar-refractivity contribution in [3.63, 3.8) is 0 Å². The van der Waals surface area contributed by atoms with E-state index in [2.05, 4.69) is 19.9 Å². The number of benzene rings is 2. The van der Waals surface area contributed by atoms with E-state index in [0.29, 0.717) is 16.9 Å². The van der Waals surface area contributed by atoms with Crippen molar-refractivity contribution in [3.05, 3.63) is 98.0 Å². The lowest BCUT2D eigenvalue weighted by molar-refractivity contribution is 0.656. The summed E-state index contributed by atoms with van der Waals surface area (Å²) in [6.45, 7) is 6.35. The van der Waals surface area contributed by atoms with Gasteiger partial charge >= 0.3 is 5.69 Å². The van der Waals surface area contributed by atoms with Gasteiger partial charge in [-0.05, 0) is 43.5 Å². The Labute approximate surface area is 178 Å². The van der Waals surface area contributed by atoms with E-state index in [1.54, 1.807) is 11.4 Å². The molecule has 0 aliphatic heterocycles. The highest BCUT2D eigenvalue weighted by molar-refractivity contribution is 5.76. The van der Waals surface area contributed by atoms with Crippen molar-refractivity contribution in [2.45, 2.75) is 27.3 Å². The minimum atomic E-state index is -0.378. The van der Waals surface area contributed by atoms with E-state index < -0.39 is 0 Å². The first kappa shape index (κ1) is 19.1. The van der Waals surface area contributed by atoms with E-state index in [1.165, 1.54) is 14.7 Å². The smallest absolute Gasteiger partial charge is 0.283 e. The molecule has 3 heterocycles. The van der Waals surface area contributed by atoms with Gasteiger partial charge in [0, 0.05) is 18.9 Å². The molecule has 0 unspecified atom stereocenters. The van der Waals surface area contributed by atoms with Crippen molar-refractivity contribution in [3.8, 4) is 5.69 Å². The molecule has 0 bridgehead atoms. The van der Waals surface area contributed by atoms with Crippen molar-refractivity contribution in [1.29, 1.82) is 0 Å². The summed E-state index contributed by atoms with van der Waals surface area (Å²) >= 11 is 0. The molecule has 0 spiro atoms. The lowest BCUT2D eigenvalue weighted by Gasteiger charge is -2.11. The van der Waals surface area contributed by atoms with Gasteiger partial charge in [-0.25, -0.2) is 4.79 Å². The number of aromatic nitrogens is 5. The first-order valence-corrected chi connectivity index (χ1v) is 10.2. The lowest BCUT2D eigenvalue weighted by Crippen LogP contribution is -2.39. The SMILES string of the molecule is Cc1cccc(-n2c(C)cn3c4c(=O)n(Cc5ccccc5)c(=O)n(C)c4nc23)c1C. The maximum absolute atomic E-state index is 13.4. The van der Waals surface area contributed by atoms with Gasteiger partial charge in [0.2, 0.25) is 5.78 Å². The van der Waals surface area contributed by atoms with Crippen molar-refractivity contribution in [1.82, 2.24) is 23.1 Å². The molecule has 0 atom stereocenters. The first-order chi connectivity index (χ1) is 14.9. The zero-order chi connectivity index (χ0) is 21.9. The molecule has 31 heavy (non-hydrogen) atoms. The number of rotatable bonds is 3. The van der Waals surface area contributed by atoms with Crippen LogP contribution in [0.4, 0.5) is 0 Å². The van der Waals surface area contributed by atoms with Crippen LogP contribution in [0.3, 0.4) is 0 Å². The van der Waals surface area contributed by atoms with Crippen LogP contribution in [0.5, 0.6) is 0 Å². The Morgan fingerprint density at radius 2 is 1.68 bits per heavy atom. The van der Waals surface area contributed by atoms with Gasteiger partial charge in [-0.1, -0.05) is 42.5 Å². The van der Waals surface area contributed by atoms with E-state index in [1.807, 2.05) is 60.2 Å². The van der Waals surface area contributed by atoms with Crippen molar-refractivity contribution >= 4 is 16.9 Å². The molecule has 3 aromatic heterocycles. The average Bonchev–Trinajstić information content (AvgIpc) is 3.27. The predicted octanol–water partition coefficient (Wildman–Crippen LogP) is 3.11. The number of nitrogens with zero attached hydrogens (tertiary/aromatic N) is 5. The fourth-order valence-electron chi connectivity index (χ4n) is 4.19. The summed E-state index contributed by atoms with van der Waals surface area (Å²) in [5.41, 5.74) is 5.26. The molecule has 7 nitrogen and oxygen atoms in total. The molecule has 5 aromatic rings. The molecule has 0 N–H and O–H groups in total. The Hall–Kier alpha value is -3.87. The first-order valence-electron chi connectivity index (χ1n) is 10.2. The minimum absolute atomic E-state index is 0.214. The topological polar surface area (TPSA) is 66.2 Å². The summed E-state index contributed by atoms with van der Waals surface area (Å²) in [5, 5.41) is 0. The van der Waals surface area contributed by atoms with Crippen LogP contribution in [-0.2, 0) is 13.6 Å². The molecule has 0 saturated heterocycles. The Morgan fingerprint density at radius 1 is 0.935 bits per heavy atom. The number of fused-ring (bicyclic) bond motifs is 3. The maximum Gasteiger partial charge on any atom is 0.332 e. The molecule has 0 aliphatic carbocycles. The summed E-state index contributed by atoms with van der Waals surface area (Å²) in [6, 6.07) is 15.6. The van der Waals surface area contributed by atoms with Gasteiger partial charge in [0.05, 0.1) is 12.2 Å². The minimum Gasteiger partial charge on any atom is -0.283 e. The zero-order valence-electron chi connectivity index (χ0n) is 18.0. The van der Waals surface area contributed by atoms with E-state index in [9.17, 15) is 9.59 Å². The zero-order valence-corrected chi connectivity index (χ0v) is 18.0. The van der Waals surface area contributed by atoms with E-state index in [0.717, 1.165) is 22.5 Å². The van der Waals surface area contributed by atoms with Crippen molar-refractivity contribution in [2.24, 2.45) is 7.05 Å². The quantitative estimate of drug-likeness (QED) is 0.457. The molecule has 2 aromatic carbocycles. The predicted molar refractivity (Wildman–Crippen MR) is 121 cm³/mol. The summed E-state index contributed by atoms with van der Waals surface area (Å²) in [4.78, 5) is 31.2. The molecular formula is C24H23N5O2. The molecule has 0 aliphatic rings. The largest absolute Gasteiger partial charge is 0.332 e. The summed E-state index contributed by atoms with van der Waals surface area (Å²) in [5.74, 6) is 0.616.